The first-order valence-electron chi connectivity index (χ1n) is 10.4. The Morgan fingerprint density at radius 3 is 2.48 bits per heavy atom. The van der Waals surface area contributed by atoms with Gasteiger partial charge >= 0.3 is 0 Å². The highest BCUT2D eigenvalue weighted by atomic mass is 32.2. The molecule has 3 rings (SSSR count). The molecular weight excluding hydrogens is 422 g/mol. The number of rotatable bonds is 6. The van der Waals surface area contributed by atoms with Gasteiger partial charge < -0.3 is 4.55 Å². The van der Waals surface area contributed by atoms with Gasteiger partial charge in [0.1, 0.15) is 10.6 Å². The Labute approximate surface area is 185 Å². The number of benzene rings is 1. The molecule has 6 nitrogen and oxygen atoms in total. The average molecular weight is 455 g/mol. The normalized spacial score (nSPS) is 18.9. The predicted molar refractivity (Wildman–Crippen MR) is 121 cm³/mol. The third-order valence-electron chi connectivity index (χ3n) is 5.74. The first-order valence-corrected chi connectivity index (χ1v) is 11.6. The van der Waals surface area contributed by atoms with Gasteiger partial charge in [-0.15, -0.1) is 4.72 Å². The summed E-state index contributed by atoms with van der Waals surface area (Å²) in [6.07, 6.45) is -2.39. The van der Waals surface area contributed by atoms with Crippen LogP contribution in [0, 0.1) is 6.92 Å². The Kier molecular flexibility index (Phi) is 6.55. The molecule has 2 heterocycles. The summed E-state index contributed by atoms with van der Waals surface area (Å²) >= 11 is -1.29. The second-order valence-electron chi connectivity index (χ2n) is 9.89. The number of hydrogen-bond donors (Lipinski definition) is 1. The summed E-state index contributed by atoms with van der Waals surface area (Å²) in [5.41, 5.74) is 1.65. The van der Waals surface area contributed by atoms with Gasteiger partial charge in [-0.2, -0.15) is 0 Å². The smallest absolute Gasteiger partial charge is 0.261 e. The van der Waals surface area contributed by atoms with Crippen molar-refractivity contribution in [2.75, 3.05) is 19.6 Å². The van der Waals surface area contributed by atoms with Crippen LogP contribution in [0.15, 0.2) is 16.9 Å². The second kappa shape index (κ2) is 8.42. The number of nitrogens with one attached hydrogen (secondary N) is 1. The number of alkyl halides is 2. The van der Waals surface area contributed by atoms with E-state index < -0.39 is 27.9 Å². The SMILES string of the molecule is Cc1cc(C(C)N[S+]([O-])C(C)(C)C)c2nc(C3(C)CN(CC(F)F)C3)n(C)c(=O)c2c1. The highest BCUT2D eigenvalue weighted by Gasteiger charge is 2.44. The van der Waals surface area contributed by atoms with Crippen LogP contribution in [-0.4, -0.2) is 49.8 Å². The fourth-order valence-corrected chi connectivity index (χ4v) is 5.03. The number of fused-ring (bicyclic) bond motifs is 1. The van der Waals surface area contributed by atoms with Crippen LogP contribution in [-0.2, 0) is 23.8 Å². The van der Waals surface area contributed by atoms with E-state index in [-0.39, 0.29) is 18.1 Å². The van der Waals surface area contributed by atoms with Crippen LogP contribution in [0.5, 0.6) is 0 Å². The topological polar surface area (TPSA) is 73.2 Å². The fraction of sp³-hybridized carbons (Fsp3) is 0.636. The highest BCUT2D eigenvalue weighted by Crippen LogP contribution is 2.34. The van der Waals surface area contributed by atoms with Crippen molar-refractivity contribution in [3.05, 3.63) is 39.4 Å². The van der Waals surface area contributed by atoms with Crippen molar-refractivity contribution in [1.82, 2.24) is 19.2 Å². The van der Waals surface area contributed by atoms with Crippen molar-refractivity contribution in [2.24, 2.45) is 7.05 Å². The van der Waals surface area contributed by atoms with Crippen molar-refractivity contribution in [3.8, 4) is 0 Å². The largest absolute Gasteiger partial charge is 0.598 e. The molecule has 172 valence electrons. The molecule has 1 aromatic heterocycles. The molecule has 2 aromatic rings. The lowest BCUT2D eigenvalue weighted by atomic mass is 9.80. The van der Waals surface area contributed by atoms with E-state index in [4.69, 9.17) is 4.98 Å². The molecule has 1 aliphatic heterocycles. The van der Waals surface area contributed by atoms with Crippen LogP contribution >= 0.6 is 0 Å². The Morgan fingerprint density at radius 2 is 1.94 bits per heavy atom. The minimum absolute atomic E-state index is 0.164. The van der Waals surface area contributed by atoms with E-state index >= 15 is 0 Å². The van der Waals surface area contributed by atoms with E-state index in [2.05, 4.69) is 4.72 Å². The van der Waals surface area contributed by atoms with E-state index in [0.29, 0.717) is 29.8 Å². The first-order chi connectivity index (χ1) is 14.2. The standard InChI is InChI=1S/C22H32F2N4O2S/c1-13-8-15(14(2)26-31(30)21(3,4)5)18-16(9-13)19(29)27(7)20(25-18)22(6)11-28(12-22)10-17(23)24/h8-9,14,17,26H,10-12H2,1-7H3. The van der Waals surface area contributed by atoms with Crippen LogP contribution < -0.4 is 10.3 Å². The van der Waals surface area contributed by atoms with Crippen molar-refractivity contribution in [2.45, 2.75) is 64.2 Å². The van der Waals surface area contributed by atoms with Crippen molar-refractivity contribution < 1.29 is 13.3 Å². The Balaban J connectivity index is 2.06. The van der Waals surface area contributed by atoms with E-state index in [0.717, 1.165) is 11.1 Å². The molecule has 31 heavy (non-hydrogen) atoms. The van der Waals surface area contributed by atoms with Gasteiger partial charge in [0.25, 0.3) is 12.0 Å². The van der Waals surface area contributed by atoms with Crippen LogP contribution in [0.3, 0.4) is 0 Å². The molecular formula is C22H32F2N4O2S. The molecule has 0 spiro atoms. The molecule has 2 atom stereocenters. The van der Waals surface area contributed by atoms with E-state index in [9.17, 15) is 18.1 Å². The zero-order valence-corrected chi connectivity index (χ0v) is 20.1. The molecule has 0 radical (unpaired) electrons. The third kappa shape index (κ3) is 4.79. The minimum Gasteiger partial charge on any atom is -0.598 e. The predicted octanol–water partition coefficient (Wildman–Crippen LogP) is 3.19. The van der Waals surface area contributed by atoms with Gasteiger partial charge in [0, 0.05) is 37.1 Å². The number of likely N-dealkylation sites (tertiary alicyclic amines) is 1. The van der Waals surface area contributed by atoms with Crippen molar-refractivity contribution in [3.63, 3.8) is 0 Å². The highest BCUT2D eigenvalue weighted by molar-refractivity contribution is 7.90. The van der Waals surface area contributed by atoms with Crippen LogP contribution in [0.1, 0.15) is 57.6 Å². The lowest BCUT2D eigenvalue weighted by molar-refractivity contribution is 0.00892. The van der Waals surface area contributed by atoms with E-state index in [1.165, 1.54) is 4.57 Å². The van der Waals surface area contributed by atoms with Crippen molar-refractivity contribution in [1.29, 1.82) is 0 Å². The summed E-state index contributed by atoms with van der Waals surface area (Å²) in [5, 5.41) is 0.504. The quantitative estimate of drug-likeness (QED) is 0.679. The van der Waals surface area contributed by atoms with E-state index in [1.54, 1.807) is 11.9 Å². The number of halogens is 2. The van der Waals surface area contributed by atoms with Gasteiger partial charge in [-0.05, 0) is 46.2 Å². The van der Waals surface area contributed by atoms with E-state index in [1.807, 2.05) is 53.7 Å². The average Bonchev–Trinajstić information content (AvgIpc) is 2.61. The number of aryl methyl sites for hydroxylation is 1. The Morgan fingerprint density at radius 1 is 1.32 bits per heavy atom. The summed E-state index contributed by atoms with van der Waals surface area (Å²) in [7, 11) is 1.68. The zero-order valence-electron chi connectivity index (χ0n) is 19.3. The molecule has 0 amide bonds. The van der Waals surface area contributed by atoms with Gasteiger partial charge in [0.05, 0.1) is 28.9 Å². The second-order valence-corrected chi connectivity index (χ2v) is 11.9. The molecule has 1 fully saturated rings. The lowest BCUT2D eigenvalue weighted by Crippen LogP contribution is -2.60. The summed E-state index contributed by atoms with van der Waals surface area (Å²) in [5.74, 6) is 0.588. The van der Waals surface area contributed by atoms with Gasteiger partial charge in [-0.1, -0.05) is 13.0 Å². The van der Waals surface area contributed by atoms with Crippen LogP contribution in [0.4, 0.5) is 8.78 Å². The lowest BCUT2D eigenvalue weighted by Gasteiger charge is -2.47. The summed E-state index contributed by atoms with van der Waals surface area (Å²) in [4.78, 5) is 19.8. The zero-order chi connectivity index (χ0) is 23.3. The Bertz CT molecular complexity index is 1030. The fourth-order valence-electron chi connectivity index (χ4n) is 4.23. The molecule has 2 unspecified atom stereocenters. The molecule has 0 aliphatic carbocycles. The Hall–Kier alpha value is -1.55. The summed E-state index contributed by atoms with van der Waals surface area (Å²) < 4.78 is 42.4. The molecule has 1 aromatic carbocycles. The maximum atomic E-state index is 13.2. The monoisotopic (exact) mass is 454 g/mol. The van der Waals surface area contributed by atoms with Gasteiger partial charge in [0.2, 0.25) is 0 Å². The molecule has 0 saturated carbocycles. The molecule has 1 N–H and O–H groups in total. The maximum absolute atomic E-state index is 13.2. The number of nitrogens with zero attached hydrogens (tertiary/aromatic N) is 3. The molecule has 1 aliphatic rings. The van der Waals surface area contributed by atoms with Crippen molar-refractivity contribution >= 4 is 22.3 Å². The maximum Gasteiger partial charge on any atom is 0.261 e. The van der Waals surface area contributed by atoms with Crippen LogP contribution in [0.2, 0.25) is 0 Å². The van der Waals surface area contributed by atoms with Crippen LogP contribution in [0.25, 0.3) is 10.9 Å². The number of aromatic nitrogens is 2. The third-order valence-corrected chi connectivity index (χ3v) is 7.42. The summed E-state index contributed by atoms with van der Waals surface area (Å²) in [6, 6.07) is 3.49. The summed E-state index contributed by atoms with van der Waals surface area (Å²) in [6.45, 7) is 12.0. The molecule has 9 heteroatoms. The van der Waals surface area contributed by atoms with Gasteiger partial charge in [-0.25, -0.2) is 13.8 Å². The number of hydrogen-bond acceptors (Lipinski definition) is 5. The van der Waals surface area contributed by atoms with Gasteiger partial charge in [0.15, 0.2) is 0 Å². The van der Waals surface area contributed by atoms with Gasteiger partial charge in [-0.3, -0.25) is 14.3 Å². The molecule has 0 bridgehead atoms. The first kappa shape index (κ1) is 24.1. The minimum atomic E-state index is -2.39. The molecule has 1 saturated heterocycles.